The normalized spacial score (nSPS) is 15.0. The highest BCUT2D eigenvalue weighted by molar-refractivity contribution is 5.91. The molecule has 1 aromatic carbocycles. The molecule has 3 rings (SSSR count). The highest BCUT2D eigenvalue weighted by Gasteiger charge is 2.21. The average Bonchev–Trinajstić information content (AvgIpc) is 2.63. The molecule has 0 bridgehead atoms. The number of rotatable bonds is 5. The van der Waals surface area contributed by atoms with Crippen molar-refractivity contribution in [3.8, 4) is 0 Å². The Hall–Kier alpha value is -2.40. The fourth-order valence-electron chi connectivity index (χ4n) is 2.77. The van der Waals surface area contributed by atoms with Gasteiger partial charge in [0.2, 0.25) is 5.91 Å². The number of hydrogen-bond donors (Lipinski definition) is 2. The number of aryl methyl sites for hydroxylation is 1. The number of pyridine rings is 1. The number of ether oxygens (including phenoxy) is 1. The van der Waals surface area contributed by atoms with E-state index >= 15 is 0 Å². The van der Waals surface area contributed by atoms with Gasteiger partial charge in [-0.3, -0.25) is 4.79 Å². The fourth-order valence-corrected chi connectivity index (χ4v) is 2.77. The van der Waals surface area contributed by atoms with Crippen LogP contribution < -0.4 is 10.6 Å². The van der Waals surface area contributed by atoms with Crippen LogP contribution in [0.5, 0.6) is 0 Å². The third kappa shape index (κ3) is 4.32. The first kappa shape index (κ1) is 16.5. The zero-order chi connectivity index (χ0) is 16.8. The van der Waals surface area contributed by atoms with E-state index in [9.17, 15) is 4.79 Å². The zero-order valence-corrected chi connectivity index (χ0v) is 13.9. The molecule has 0 atom stereocenters. The van der Waals surface area contributed by atoms with Gasteiger partial charge in [-0.2, -0.15) is 0 Å². The van der Waals surface area contributed by atoms with Crippen LogP contribution in [0.4, 0.5) is 11.5 Å². The summed E-state index contributed by atoms with van der Waals surface area (Å²) < 4.78 is 5.28. The summed E-state index contributed by atoms with van der Waals surface area (Å²) in [6, 6.07) is 12.1. The van der Waals surface area contributed by atoms with E-state index in [0.717, 1.165) is 25.1 Å². The number of nitrogens with zero attached hydrogens (tertiary/aromatic N) is 1. The Kier molecular flexibility index (Phi) is 5.43. The quantitative estimate of drug-likeness (QED) is 0.885. The van der Waals surface area contributed by atoms with Gasteiger partial charge in [0.15, 0.2) is 0 Å². The Morgan fingerprint density at radius 3 is 2.71 bits per heavy atom. The molecule has 1 aliphatic rings. The Bertz CT molecular complexity index is 679. The van der Waals surface area contributed by atoms with E-state index in [0.29, 0.717) is 19.0 Å². The number of aromatic nitrogens is 1. The molecule has 1 fully saturated rings. The SMILES string of the molecule is Cc1ccccc1CNc1ccc(NC(=O)C2CCOCC2)nc1. The van der Waals surface area contributed by atoms with E-state index in [1.54, 1.807) is 6.20 Å². The number of hydrogen-bond acceptors (Lipinski definition) is 4. The Balaban J connectivity index is 1.53. The van der Waals surface area contributed by atoms with Crippen molar-refractivity contribution in [3.63, 3.8) is 0 Å². The molecule has 0 spiro atoms. The van der Waals surface area contributed by atoms with Gasteiger partial charge in [0.05, 0.1) is 11.9 Å². The van der Waals surface area contributed by atoms with E-state index in [-0.39, 0.29) is 11.8 Å². The first-order valence-corrected chi connectivity index (χ1v) is 8.35. The fraction of sp³-hybridized carbons (Fsp3) is 0.368. The molecule has 126 valence electrons. The molecule has 5 heteroatoms. The molecule has 0 radical (unpaired) electrons. The van der Waals surface area contributed by atoms with Crippen LogP contribution in [0.25, 0.3) is 0 Å². The minimum absolute atomic E-state index is 0.0272. The first-order chi connectivity index (χ1) is 11.7. The predicted molar refractivity (Wildman–Crippen MR) is 94.9 cm³/mol. The first-order valence-electron chi connectivity index (χ1n) is 8.35. The van der Waals surface area contributed by atoms with Crippen molar-refractivity contribution in [2.45, 2.75) is 26.3 Å². The van der Waals surface area contributed by atoms with E-state index in [1.807, 2.05) is 24.3 Å². The lowest BCUT2D eigenvalue weighted by Crippen LogP contribution is -2.28. The van der Waals surface area contributed by atoms with Gasteiger partial charge in [0.1, 0.15) is 5.82 Å². The molecule has 0 saturated carbocycles. The van der Waals surface area contributed by atoms with Crippen LogP contribution in [0.2, 0.25) is 0 Å². The maximum absolute atomic E-state index is 12.2. The lowest BCUT2D eigenvalue weighted by Gasteiger charge is -2.20. The molecule has 1 aromatic heterocycles. The van der Waals surface area contributed by atoms with Crippen LogP contribution in [0, 0.1) is 12.8 Å². The number of nitrogens with one attached hydrogen (secondary N) is 2. The van der Waals surface area contributed by atoms with Crippen LogP contribution in [-0.2, 0) is 16.1 Å². The maximum Gasteiger partial charge on any atom is 0.228 e. The van der Waals surface area contributed by atoms with Crippen molar-refractivity contribution in [3.05, 3.63) is 53.7 Å². The third-order valence-corrected chi connectivity index (χ3v) is 4.35. The number of carbonyl (C=O) groups excluding carboxylic acids is 1. The lowest BCUT2D eigenvalue weighted by atomic mass is 9.99. The van der Waals surface area contributed by atoms with E-state index in [4.69, 9.17) is 4.74 Å². The van der Waals surface area contributed by atoms with Crippen LogP contribution in [0.15, 0.2) is 42.6 Å². The average molecular weight is 325 g/mol. The predicted octanol–water partition coefficient (Wildman–Crippen LogP) is 3.37. The van der Waals surface area contributed by atoms with Crippen LogP contribution >= 0.6 is 0 Å². The molecule has 2 N–H and O–H groups in total. The second kappa shape index (κ2) is 7.93. The Morgan fingerprint density at radius 2 is 2.00 bits per heavy atom. The highest BCUT2D eigenvalue weighted by Crippen LogP contribution is 2.18. The molecule has 2 aromatic rings. The van der Waals surface area contributed by atoms with Gasteiger partial charge in [-0.25, -0.2) is 4.98 Å². The monoisotopic (exact) mass is 325 g/mol. The molecule has 2 heterocycles. The van der Waals surface area contributed by atoms with Crippen molar-refractivity contribution in [2.24, 2.45) is 5.92 Å². The summed E-state index contributed by atoms with van der Waals surface area (Å²) in [5.41, 5.74) is 3.45. The van der Waals surface area contributed by atoms with Gasteiger partial charge in [0, 0.05) is 25.7 Å². The molecular weight excluding hydrogens is 302 g/mol. The second-order valence-electron chi connectivity index (χ2n) is 6.09. The lowest BCUT2D eigenvalue weighted by molar-refractivity contribution is -0.122. The molecule has 0 aliphatic carbocycles. The molecule has 1 saturated heterocycles. The molecule has 24 heavy (non-hydrogen) atoms. The Morgan fingerprint density at radius 1 is 1.21 bits per heavy atom. The summed E-state index contributed by atoms with van der Waals surface area (Å²) >= 11 is 0. The third-order valence-electron chi connectivity index (χ3n) is 4.35. The summed E-state index contributed by atoms with van der Waals surface area (Å²) in [5, 5.41) is 6.24. The van der Waals surface area contributed by atoms with Gasteiger partial charge >= 0.3 is 0 Å². The standard InChI is InChI=1S/C19H23N3O2/c1-14-4-2-3-5-16(14)12-20-17-6-7-18(21-13-17)22-19(23)15-8-10-24-11-9-15/h2-7,13,15,20H,8-12H2,1H3,(H,21,22,23). The minimum Gasteiger partial charge on any atom is -0.381 e. The van der Waals surface area contributed by atoms with Crippen molar-refractivity contribution >= 4 is 17.4 Å². The van der Waals surface area contributed by atoms with Gasteiger partial charge in [-0.1, -0.05) is 24.3 Å². The Labute approximate surface area is 142 Å². The van der Waals surface area contributed by atoms with Gasteiger partial charge in [-0.15, -0.1) is 0 Å². The molecular formula is C19H23N3O2. The molecule has 1 amide bonds. The maximum atomic E-state index is 12.2. The van der Waals surface area contributed by atoms with Gasteiger partial charge < -0.3 is 15.4 Å². The van der Waals surface area contributed by atoms with Crippen molar-refractivity contribution < 1.29 is 9.53 Å². The number of anilines is 2. The summed E-state index contributed by atoms with van der Waals surface area (Å²) in [6.07, 6.45) is 3.31. The van der Waals surface area contributed by atoms with Crippen LogP contribution in [-0.4, -0.2) is 24.1 Å². The minimum atomic E-state index is 0.0272. The zero-order valence-electron chi connectivity index (χ0n) is 13.9. The van der Waals surface area contributed by atoms with Gasteiger partial charge in [-0.05, 0) is 43.0 Å². The van der Waals surface area contributed by atoms with Crippen molar-refractivity contribution in [1.29, 1.82) is 0 Å². The van der Waals surface area contributed by atoms with Gasteiger partial charge in [0.25, 0.3) is 0 Å². The second-order valence-corrected chi connectivity index (χ2v) is 6.09. The van der Waals surface area contributed by atoms with Crippen LogP contribution in [0.3, 0.4) is 0 Å². The van der Waals surface area contributed by atoms with Crippen LogP contribution in [0.1, 0.15) is 24.0 Å². The van der Waals surface area contributed by atoms with E-state index in [2.05, 4.69) is 34.7 Å². The molecule has 5 nitrogen and oxygen atoms in total. The largest absolute Gasteiger partial charge is 0.381 e. The number of carbonyl (C=O) groups is 1. The topological polar surface area (TPSA) is 63.2 Å². The summed E-state index contributed by atoms with van der Waals surface area (Å²) in [6.45, 7) is 4.17. The van der Waals surface area contributed by atoms with E-state index < -0.39 is 0 Å². The number of amides is 1. The van der Waals surface area contributed by atoms with Crippen molar-refractivity contribution in [1.82, 2.24) is 4.98 Å². The van der Waals surface area contributed by atoms with E-state index in [1.165, 1.54) is 11.1 Å². The summed E-state index contributed by atoms with van der Waals surface area (Å²) in [7, 11) is 0. The molecule has 0 unspecified atom stereocenters. The summed E-state index contributed by atoms with van der Waals surface area (Å²) in [5.74, 6) is 0.652. The smallest absolute Gasteiger partial charge is 0.228 e. The molecule has 1 aliphatic heterocycles. The van der Waals surface area contributed by atoms with Crippen molar-refractivity contribution in [2.75, 3.05) is 23.8 Å². The number of benzene rings is 1. The summed E-state index contributed by atoms with van der Waals surface area (Å²) in [4.78, 5) is 16.5. The highest BCUT2D eigenvalue weighted by atomic mass is 16.5.